The van der Waals surface area contributed by atoms with E-state index in [0.29, 0.717) is 5.56 Å². The number of hydrogen-bond acceptors (Lipinski definition) is 2. The number of aromatic amines is 1. The van der Waals surface area contributed by atoms with Crippen LogP contribution in [0.15, 0.2) is 23.0 Å². The number of H-pyrrole nitrogens is 1. The number of nitrogens with one attached hydrogen (secondary N) is 1. The third-order valence-electron chi connectivity index (χ3n) is 3.58. The molecule has 0 aliphatic heterocycles. The van der Waals surface area contributed by atoms with Crippen molar-refractivity contribution in [3.05, 3.63) is 45.2 Å². The van der Waals surface area contributed by atoms with Gasteiger partial charge in [0.15, 0.2) is 0 Å². The first-order chi connectivity index (χ1) is 8.90. The van der Waals surface area contributed by atoms with Crippen LogP contribution in [-0.4, -0.2) is 16.1 Å². The molecule has 1 aromatic carbocycles. The van der Waals surface area contributed by atoms with E-state index in [1.54, 1.807) is 13.0 Å². The Bertz CT molecular complexity index is 700. The number of hydrogen-bond donors (Lipinski definition) is 2. The smallest absolute Gasteiger partial charge is 0.306 e. The van der Waals surface area contributed by atoms with Crippen LogP contribution < -0.4 is 5.56 Å². The number of fused-ring (bicyclic) bond motifs is 1. The normalized spacial score (nSPS) is 12.6. The maximum absolute atomic E-state index is 12.0. The molecule has 1 atom stereocenters. The lowest BCUT2D eigenvalue weighted by molar-refractivity contribution is -0.141. The molecule has 4 heteroatoms. The number of carbonyl (C=O) groups is 1. The highest BCUT2D eigenvalue weighted by molar-refractivity contribution is 5.83. The van der Waals surface area contributed by atoms with Crippen molar-refractivity contribution in [2.24, 2.45) is 5.92 Å². The van der Waals surface area contributed by atoms with Crippen molar-refractivity contribution in [1.29, 1.82) is 0 Å². The largest absolute Gasteiger partial charge is 0.481 e. The lowest BCUT2D eigenvalue weighted by Gasteiger charge is -2.09. The zero-order valence-electron chi connectivity index (χ0n) is 11.3. The number of aryl methyl sites for hydroxylation is 2. The monoisotopic (exact) mass is 259 g/mol. The summed E-state index contributed by atoms with van der Waals surface area (Å²) in [4.78, 5) is 25.7. The minimum Gasteiger partial charge on any atom is -0.481 e. The molecule has 2 aromatic rings. The fraction of sp³-hybridized carbons (Fsp3) is 0.333. The topological polar surface area (TPSA) is 70.2 Å². The Hall–Kier alpha value is -2.10. The van der Waals surface area contributed by atoms with E-state index in [1.165, 1.54) is 0 Å². The van der Waals surface area contributed by atoms with Crippen molar-refractivity contribution in [2.75, 3.05) is 0 Å². The maximum Gasteiger partial charge on any atom is 0.306 e. The molecule has 100 valence electrons. The Morgan fingerprint density at radius 2 is 2.05 bits per heavy atom. The lowest BCUT2D eigenvalue weighted by atomic mass is 9.99. The van der Waals surface area contributed by atoms with Crippen LogP contribution in [0.2, 0.25) is 0 Å². The van der Waals surface area contributed by atoms with Crippen molar-refractivity contribution >= 4 is 16.9 Å². The van der Waals surface area contributed by atoms with Gasteiger partial charge in [0.2, 0.25) is 0 Å². The van der Waals surface area contributed by atoms with Crippen LogP contribution in [0.1, 0.15) is 23.6 Å². The number of carboxylic acid groups (broad SMARTS) is 1. The minimum absolute atomic E-state index is 0.200. The second kappa shape index (κ2) is 4.88. The predicted molar refractivity (Wildman–Crippen MR) is 74.5 cm³/mol. The number of rotatable bonds is 3. The molecule has 0 saturated carbocycles. The highest BCUT2D eigenvalue weighted by Crippen LogP contribution is 2.19. The molecule has 19 heavy (non-hydrogen) atoms. The van der Waals surface area contributed by atoms with Crippen LogP contribution in [0.4, 0.5) is 0 Å². The van der Waals surface area contributed by atoms with Crippen molar-refractivity contribution in [2.45, 2.75) is 27.2 Å². The third-order valence-corrected chi connectivity index (χ3v) is 3.58. The molecular weight excluding hydrogens is 242 g/mol. The molecule has 0 spiro atoms. The number of carboxylic acids is 1. The van der Waals surface area contributed by atoms with Crippen LogP contribution in [0.3, 0.4) is 0 Å². The summed E-state index contributed by atoms with van der Waals surface area (Å²) in [6.07, 6.45) is 0.244. The van der Waals surface area contributed by atoms with E-state index in [2.05, 4.69) is 4.98 Å². The fourth-order valence-electron chi connectivity index (χ4n) is 2.14. The quantitative estimate of drug-likeness (QED) is 0.889. The van der Waals surface area contributed by atoms with Crippen LogP contribution in [0.25, 0.3) is 10.9 Å². The summed E-state index contributed by atoms with van der Waals surface area (Å²) in [6, 6.07) is 5.74. The van der Waals surface area contributed by atoms with E-state index < -0.39 is 11.9 Å². The van der Waals surface area contributed by atoms with E-state index in [0.717, 1.165) is 22.0 Å². The second-order valence-electron chi connectivity index (χ2n) is 5.04. The molecule has 0 radical (unpaired) electrons. The summed E-state index contributed by atoms with van der Waals surface area (Å²) < 4.78 is 0. The number of benzene rings is 1. The lowest BCUT2D eigenvalue weighted by Crippen LogP contribution is -2.19. The Morgan fingerprint density at radius 1 is 1.37 bits per heavy atom. The van der Waals surface area contributed by atoms with Crippen LogP contribution in [0.5, 0.6) is 0 Å². The molecule has 0 bridgehead atoms. The van der Waals surface area contributed by atoms with Crippen LogP contribution >= 0.6 is 0 Å². The first kappa shape index (κ1) is 13.3. The van der Waals surface area contributed by atoms with Gasteiger partial charge in [0.25, 0.3) is 5.56 Å². The molecule has 0 aliphatic carbocycles. The Kier molecular flexibility index (Phi) is 3.42. The predicted octanol–water partition coefficient (Wildman–Crippen LogP) is 2.41. The van der Waals surface area contributed by atoms with Crippen LogP contribution in [-0.2, 0) is 11.2 Å². The minimum atomic E-state index is -0.889. The van der Waals surface area contributed by atoms with Crippen molar-refractivity contribution in [1.82, 2.24) is 4.98 Å². The van der Waals surface area contributed by atoms with E-state index in [1.807, 2.05) is 26.0 Å². The van der Waals surface area contributed by atoms with E-state index in [9.17, 15) is 9.59 Å². The maximum atomic E-state index is 12.0. The highest BCUT2D eigenvalue weighted by Gasteiger charge is 2.14. The van der Waals surface area contributed by atoms with E-state index >= 15 is 0 Å². The Balaban J connectivity index is 2.54. The van der Waals surface area contributed by atoms with Gasteiger partial charge < -0.3 is 10.1 Å². The van der Waals surface area contributed by atoms with Gasteiger partial charge in [-0.15, -0.1) is 0 Å². The Labute approximate surface area is 111 Å². The molecule has 2 N–H and O–H groups in total. The van der Waals surface area contributed by atoms with Gasteiger partial charge in [0.05, 0.1) is 11.4 Å². The fourth-order valence-corrected chi connectivity index (χ4v) is 2.14. The summed E-state index contributed by atoms with van der Waals surface area (Å²) in [7, 11) is 0. The van der Waals surface area contributed by atoms with E-state index in [-0.39, 0.29) is 12.0 Å². The van der Waals surface area contributed by atoms with Crippen molar-refractivity contribution < 1.29 is 9.90 Å². The average molecular weight is 259 g/mol. The van der Waals surface area contributed by atoms with E-state index in [4.69, 9.17) is 5.11 Å². The van der Waals surface area contributed by atoms with Gasteiger partial charge in [0, 0.05) is 5.56 Å². The third kappa shape index (κ3) is 2.52. The van der Waals surface area contributed by atoms with Gasteiger partial charge in [-0.05, 0) is 42.8 Å². The first-order valence-electron chi connectivity index (χ1n) is 6.25. The summed E-state index contributed by atoms with van der Waals surface area (Å²) in [6.45, 7) is 5.56. The zero-order chi connectivity index (χ0) is 14.2. The SMILES string of the molecule is Cc1ccc2cc(CC(C)C(=O)O)c(=O)[nH]c2c1C. The van der Waals surface area contributed by atoms with Gasteiger partial charge in [-0.2, -0.15) is 0 Å². The molecule has 1 aromatic heterocycles. The number of pyridine rings is 1. The molecule has 0 saturated heterocycles. The van der Waals surface area contributed by atoms with Gasteiger partial charge in [-0.25, -0.2) is 0 Å². The molecule has 1 unspecified atom stereocenters. The molecule has 0 fully saturated rings. The van der Waals surface area contributed by atoms with Gasteiger partial charge in [0.1, 0.15) is 0 Å². The highest BCUT2D eigenvalue weighted by atomic mass is 16.4. The summed E-state index contributed by atoms with van der Waals surface area (Å²) in [5.74, 6) is -1.45. The number of aromatic nitrogens is 1. The van der Waals surface area contributed by atoms with Gasteiger partial charge >= 0.3 is 5.97 Å². The van der Waals surface area contributed by atoms with Crippen molar-refractivity contribution in [3.63, 3.8) is 0 Å². The second-order valence-corrected chi connectivity index (χ2v) is 5.04. The van der Waals surface area contributed by atoms with Gasteiger partial charge in [-0.1, -0.05) is 19.1 Å². The average Bonchev–Trinajstić information content (AvgIpc) is 2.36. The molecule has 4 nitrogen and oxygen atoms in total. The Morgan fingerprint density at radius 3 is 2.68 bits per heavy atom. The molecule has 0 aliphatic rings. The summed E-state index contributed by atoms with van der Waals surface area (Å²) >= 11 is 0. The molecule has 2 rings (SSSR count). The standard InChI is InChI=1S/C15H17NO3/c1-8-4-5-11-7-12(6-9(2)15(18)19)14(17)16-13(11)10(8)3/h4-5,7,9H,6H2,1-3H3,(H,16,17)(H,18,19). The van der Waals surface area contributed by atoms with Crippen molar-refractivity contribution in [3.8, 4) is 0 Å². The molecular formula is C15H17NO3. The number of aliphatic carboxylic acids is 1. The zero-order valence-corrected chi connectivity index (χ0v) is 11.3. The van der Waals surface area contributed by atoms with Gasteiger partial charge in [-0.3, -0.25) is 9.59 Å². The van der Waals surface area contributed by atoms with Crippen LogP contribution in [0, 0.1) is 19.8 Å². The summed E-state index contributed by atoms with van der Waals surface area (Å²) in [5.41, 5.74) is 3.32. The molecule has 1 heterocycles. The first-order valence-corrected chi connectivity index (χ1v) is 6.25. The molecule has 0 amide bonds. The summed E-state index contributed by atoms with van der Waals surface area (Å²) in [5, 5.41) is 9.86.